The van der Waals surface area contributed by atoms with Crippen molar-refractivity contribution in [2.75, 3.05) is 24.6 Å². The molecule has 1 aliphatic heterocycles. The van der Waals surface area contributed by atoms with Crippen molar-refractivity contribution in [1.29, 1.82) is 0 Å². The minimum Gasteiger partial charge on any atom is -0.466 e. The summed E-state index contributed by atoms with van der Waals surface area (Å²) in [5.74, 6) is -0.0554. The van der Waals surface area contributed by atoms with Gasteiger partial charge in [0, 0.05) is 30.7 Å². The molecule has 4 heteroatoms. The molecule has 0 radical (unpaired) electrons. The van der Waals surface area contributed by atoms with Gasteiger partial charge in [-0.3, -0.25) is 9.78 Å². The maximum absolute atomic E-state index is 11.8. The van der Waals surface area contributed by atoms with Crippen molar-refractivity contribution < 1.29 is 9.53 Å². The number of rotatable bonds is 3. The second kappa shape index (κ2) is 5.85. The first-order valence-electron chi connectivity index (χ1n) is 6.55. The molecule has 1 aliphatic rings. The number of aryl methyl sites for hydroxylation is 1. The monoisotopic (exact) mass is 248 g/mol. The molecule has 0 saturated carbocycles. The summed E-state index contributed by atoms with van der Waals surface area (Å²) in [7, 11) is 0. The molecule has 0 bridgehead atoms. The number of hydrogen-bond acceptors (Lipinski definition) is 4. The van der Waals surface area contributed by atoms with Gasteiger partial charge in [-0.1, -0.05) is 0 Å². The summed E-state index contributed by atoms with van der Waals surface area (Å²) in [4.78, 5) is 18.2. The van der Waals surface area contributed by atoms with Gasteiger partial charge in [-0.25, -0.2) is 0 Å². The van der Waals surface area contributed by atoms with Crippen molar-refractivity contribution in [2.45, 2.75) is 26.7 Å². The van der Waals surface area contributed by atoms with Crippen LogP contribution in [-0.4, -0.2) is 30.6 Å². The molecular formula is C14H20N2O2. The highest BCUT2D eigenvalue weighted by atomic mass is 16.5. The van der Waals surface area contributed by atoms with Gasteiger partial charge in [0.1, 0.15) is 0 Å². The second-order valence-electron chi connectivity index (χ2n) is 4.69. The molecule has 1 unspecified atom stereocenters. The second-order valence-corrected chi connectivity index (χ2v) is 4.69. The molecule has 0 aliphatic carbocycles. The lowest BCUT2D eigenvalue weighted by Gasteiger charge is -2.33. The Labute approximate surface area is 108 Å². The molecule has 1 aromatic rings. The summed E-state index contributed by atoms with van der Waals surface area (Å²) in [5.41, 5.74) is 2.15. The molecule has 0 aromatic carbocycles. The molecule has 98 valence electrons. The quantitative estimate of drug-likeness (QED) is 0.769. The Morgan fingerprint density at radius 2 is 2.44 bits per heavy atom. The summed E-state index contributed by atoms with van der Waals surface area (Å²) in [6.07, 6.45) is 3.78. The summed E-state index contributed by atoms with van der Waals surface area (Å²) >= 11 is 0. The van der Waals surface area contributed by atoms with Gasteiger partial charge < -0.3 is 9.64 Å². The fourth-order valence-corrected chi connectivity index (χ4v) is 2.39. The van der Waals surface area contributed by atoms with Crippen molar-refractivity contribution in [1.82, 2.24) is 4.98 Å². The summed E-state index contributed by atoms with van der Waals surface area (Å²) < 4.78 is 5.11. The molecule has 0 spiro atoms. The molecule has 2 heterocycles. The Kier molecular flexibility index (Phi) is 4.18. The summed E-state index contributed by atoms with van der Waals surface area (Å²) in [6, 6.07) is 4.06. The first kappa shape index (κ1) is 12.9. The lowest BCUT2D eigenvalue weighted by molar-refractivity contribution is -0.148. The van der Waals surface area contributed by atoms with Crippen molar-refractivity contribution in [3.8, 4) is 0 Å². The number of esters is 1. The van der Waals surface area contributed by atoms with Gasteiger partial charge in [-0.2, -0.15) is 0 Å². The molecule has 2 rings (SSSR count). The van der Waals surface area contributed by atoms with E-state index in [1.54, 1.807) is 0 Å². The molecule has 1 atom stereocenters. The van der Waals surface area contributed by atoms with Gasteiger partial charge in [-0.05, 0) is 38.8 Å². The van der Waals surface area contributed by atoms with E-state index in [1.807, 2.05) is 26.1 Å². The third-order valence-corrected chi connectivity index (χ3v) is 3.29. The Hall–Kier alpha value is -1.58. The summed E-state index contributed by atoms with van der Waals surface area (Å²) in [6.45, 7) is 6.05. The van der Waals surface area contributed by atoms with E-state index in [1.165, 1.54) is 0 Å². The maximum atomic E-state index is 11.8. The van der Waals surface area contributed by atoms with E-state index in [-0.39, 0.29) is 11.9 Å². The lowest BCUT2D eigenvalue weighted by atomic mass is 9.98. The normalized spacial score (nSPS) is 19.7. The van der Waals surface area contributed by atoms with Gasteiger partial charge in [0.05, 0.1) is 12.5 Å². The molecule has 0 amide bonds. The van der Waals surface area contributed by atoms with Crippen LogP contribution in [0.25, 0.3) is 0 Å². The topological polar surface area (TPSA) is 42.4 Å². The van der Waals surface area contributed by atoms with Gasteiger partial charge in [0.25, 0.3) is 0 Å². The van der Waals surface area contributed by atoms with Crippen LogP contribution < -0.4 is 4.90 Å². The van der Waals surface area contributed by atoms with E-state index >= 15 is 0 Å². The predicted molar refractivity (Wildman–Crippen MR) is 70.5 cm³/mol. The van der Waals surface area contributed by atoms with E-state index in [4.69, 9.17) is 4.74 Å². The van der Waals surface area contributed by atoms with Crippen molar-refractivity contribution in [2.24, 2.45) is 5.92 Å². The highest BCUT2D eigenvalue weighted by Crippen LogP contribution is 2.24. The number of aromatic nitrogens is 1. The van der Waals surface area contributed by atoms with Crippen molar-refractivity contribution >= 4 is 11.7 Å². The molecule has 1 saturated heterocycles. The highest BCUT2D eigenvalue weighted by molar-refractivity contribution is 5.73. The average Bonchev–Trinajstić information content (AvgIpc) is 2.39. The Bertz CT molecular complexity index is 420. The Balaban J connectivity index is 2.04. The number of anilines is 1. The molecule has 1 aromatic heterocycles. The van der Waals surface area contributed by atoms with Crippen molar-refractivity contribution in [3.05, 3.63) is 24.0 Å². The fourth-order valence-electron chi connectivity index (χ4n) is 2.39. The molecule has 4 nitrogen and oxygen atoms in total. The average molecular weight is 248 g/mol. The first-order chi connectivity index (χ1) is 8.70. The van der Waals surface area contributed by atoms with Gasteiger partial charge in [-0.15, -0.1) is 0 Å². The molecule has 18 heavy (non-hydrogen) atoms. The number of nitrogens with zero attached hydrogens (tertiary/aromatic N) is 2. The van der Waals surface area contributed by atoms with E-state index in [0.29, 0.717) is 6.61 Å². The van der Waals surface area contributed by atoms with E-state index < -0.39 is 0 Å². The predicted octanol–water partition coefficient (Wildman–Crippen LogP) is 2.17. The lowest BCUT2D eigenvalue weighted by Crippen LogP contribution is -2.39. The largest absolute Gasteiger partial charge is 0.466 e. The molecule has 1 fully saturated rings. The number of ether oxygens (including phenoxy) is 1. The van der Waals surface area contributed by atoms with Gasteiger partial charge in [0.2, 0.25) is 0 Å². The zero-order valence-electron chi connectivity index (χ0n) is 11.1. The minimum atomic E-state index is -0.0621. The molecular weight excluding hydrogens is 228 g/mol. The van der Waals surface area contributed by atoms with E-state index in [0.717, 1.165) is 37.3 Å². The number of piperidine rings is 1. The third-order valence-electron chi connectivity index (χ3n) is 3.29. The standard InChI is InChI=1S/C14H20N2O2/c1-3-18-14(17)12-5-4-8-16(10-12)13-6-7-15-11(2)9-13/h6-7,9,12H,3-5,8,10H2,1-2H3. The summed E-state index contributed by atoms with van der Waals surface area (Å²) in [5, 5.41) is 0. The zero-order valence-corrected chi connectivity index (χ0v) is 11.1. The maximum Gasteiger partial charge on any atom is 0.310 e. The van der Waals surface area contributed by atoms with Crippen LogP contribution in [0.15, 0.2) is 18.3 Å². The van der Waals surface area contributed by atoms with Crippen molar-refractivity contribution in [3.63, 3.8) is 0 Å². The van der Waals surface area contributed by atoms with Gasteiger partial charge >= 0.3 is 5.97 Å². The first-order valence-corrected chi connectivity index (χ1v) is 6.55. The van der Waals surface area contributed by atoms with E-state index in [2.05, 4.69) is 16.0 Å². The fraction of sp³-hybridized carbons (Fsp3) is 0.571. The smallest absolute Gasteiger partial charge is 0.310 e. The SMILES string of the molecule is CCOC(=O)C1CCCN(c2ccnc(C)c2)C1. The Morgan fingerprint density at radius 3 is 3.17 bits per heavy atom. The van der Waals surface area contributed by atoms with E-state index in [9.17, 15) is 4.79 Å². The van der Waals surface area contributed by atoms with Crippen LogP contribution in [0.3, 0.4) is 0 Å². The highest BCUT2D eigenvalue weighted by Gasteiger charge is 2.26. The van der Waals surface area contributed by atoms with Crippen LogP contribution in [0.4, 0.5) is 5.69 Å². The molecule has 0 N–H and O–H groups in total. The number of carbonyl (C=O) groups is 1. The number of hydrogen-bond donors (Lipinski definition) is 0. The number of carbonyl (C=O) groups excluding carboxylic acids is 1. The van der Waals surface area contributed by atoms with Gasteiger partial charge in [0.15, 0.2) is 0 Å². The minimum absolute atomic E-state index is 0.00664. The van der Waals surface area contributed by atoms with Crippen LogP contribution in [-0.2, 0) is 9.53 Å². The third kappa shape index (κ3) is 3.00. The Morgan fingerprint density at radius 1 is 1.61 bits per heavy atom. The van der Waals surface area contributed by atoms with Crippen LogP contribution in [0.5, 0.6) is 0 Å². The van der Waals surface area contributed by atoms with Crippen LogP contribution in [0.2, 0.25) is 0 Å². The van der Waals surface area contributed by atoms with Crippen LogP contribution >= 0.6 is 0 Å². The van der Waals surface area contributed by atoms with Crippen LogP contribution in [0, 0.1) is 12.8 Å². The zero-order chi connectivity index (χ0) is 13.0. The number of pyridine rings is 1. The van der Waals surface area contributed by atoms with Crippen LogP contribution in [0.1, 0.15) is 25.5 Å².